The molecule has 0 fully saturated rings. The Hall–Kier alpha value is -3.33. The lowest BCUT2D eigenvalue weighted by atomic mass is 10.2. The van der Waals surface area contributed by atoms with Crippen molar-refractivity contribution in [3.8, 4) is 0 Å². The highest BCUT2D eigenvalue weighted by molar-refractivity contribution is 7.22. The molecule has 0 aliphatic heterocycles. The van der Waals surface area contributed by atoms with Crippen LogP contribution in [-0.4, -0.2) is 15.0 Å². The Kier molecular flexibility index (Phi) is 4.28. The highest BCUT2D eigenvalue weighted by atomic mass is 32.1. The molecule has 0 bridgehead atoms. The van der Waals surface area contributed by atoms with E-state index in [1.807, 2.05) is 25.1 Å². The molecule has 2 aromatic carbocycles. The van der Waals surface area contributed by atoms with E-state index in [4.69, 9.17) is 5.73 Å². The summed E-state index contributed by atoms with van der Waals surface area (Å²) in [6, 6.07) is 9.14. The van der Waals surface area contributed by atoms with E-state index in [1.54, 1.807) is 0 Å². The number of nitrogens with one attached hydrogen (secondary N) is 2. The molecule has 0 saturated heterocycles. The van der Waals surface area contributed by atoms with Gasteiger partial charge in [0.2, 0.25) is 0 Å². The Morgan fingerprint density at radius 1 is 1.04 bits per heavy atom. The largest absolute Gasteiger partial charge is 0.393 e. The molecule has 0 unspecified atom stereocenters. The molecule has 0 aliphatic carbocycles. The van der Waals surface area contributed by atoms with E-state index in [-0.39, 0.29) is 17.2 Å². The summed E-state index contributed by atoms with van der Waals surface area (Å²) in [4.78, 5) is 12.7. The van der Waals surface area contributed by atoms with Gasteiger partial charge in [0.1, 0.15) is 23.6 Å². The molecule has 6 nitrogen and oxygen atoms in total. The van der Waals surface area contributed by atoms with Crippen molar-refractivity contribution in [2.45, 2.75) is 6.92 Å². The zero-order valence-corrected chi connectivity index (χ0v) is 14.9. The van der Waals surface area contributed by atoms with Gasteiger partial charge in [-0.3, -0.25) is 0 Å². The summed E-state index contributed by atoms with van der Waals surface area (Å²) in [5.41, 5.74) is 8.34. The third kappa shape index (κ3) is 3.36. The smallest absolute Gasteiger partial charge is 0.189 e. The van der Waals surface area contributed by atoms with Crippen LogP contribution < -0.4 is 16.4 Å². The van der Waals surface area contributed by atoms with Crippen LogP contribution in [0.5, 0.6) is 0 Å². The number of aryl methyl sites for hydroxylation is 1. The third-order valence-corrected chi connectivity index (χ3v) is 4.85. The fourth-order valence-corrected chi connectivity index (χ4v) is 3.50. The number of halogens is 2. The van der Waals surface area contributed by atoms with E-state index in [2.05, 4.69) is 25.6 Å². The summed E-state index contributed by atoms with van der Waals surface area (Å²) in [5, 5.41) is 6.46. The number of fused-ring (bicyclic) bond motifs is 1. The first-order valence-electron chi connectivity index (χ1n) is 7.97. The van der Waals surface area contributed by atoms with Gasteiger partial charge in [-0.2, -0.15) is 0 Å². The van der Waals surface area contributed by atoms with Crippen LogP contribution >= 0.6 is 11.3 Å². The van der Waals surface area contributed by atoms with Crippen LogP contribution in [0.25, 0.3) is 10.2 Å². The van der Waals surface area contributed by atoms with E-state index in [9.17, 15) is 8.78 Å². The molecule has 4 rings (SSSR count). The maximum atomic E-state index is 13.9. The number of hydrogen-bond acceptors (Lipinski definition) is 7. The molecular weight excluding hydrogens is 370 g/mol. The lowest BCUT2D eigenvalue weighted by molar-refractivity contribution is 0.586. The van der Waals surface area contributed by atoms with Crippen molar-refractivity contribution in [2.75, 3.05) is 16.4 Å². The van der Waals surface area contributed by atoms with Crippen LogP contribution in [0.15, 0.2) is 42.7 Å². The summed E-state index contributed by atoms with van der Waals surface area (Å²) in [6.07, 6.45) is 1.29. The number of rotatable bonds is 4. The molecule has 4 aromatic rings. The predicted octanol–water partition coefficient (Wildman–Crippen LogP) is 4.74. The van der Waals surface area contributed by atoms with Gasteiger partial charge in [-0.15, -0.1) is 0 Å². The first-order chi connectivity index (χ1) is 13.0. The minimum absolute atomic E-state index is 0.0587. The Morgan fingerprint density at radius 3 is 2.56 bits per heavy atom. The Morgan fingerprint density at radius 2 is 1.81 bits per heavy atom. The highest BCUT2D eigenvalue weighted by Gasteiger charge is 2.13. The Labute approximate surface area is 157 Å². The Balaban J connectivity index is 1.64. The van der Waals surface area contributed by atoms with Gasteiger partial charge < -0.3 is 16.4 Å². The lowest BCUT2D eigenvalue weighted by Gasteiger charge is -2.11. The Bertz CT molecular complexity index is 1140. The number of para-hydroxylation sites is 1. The minimum atomic E-state index is -0.746. The van der Waals surface area contributed by atoms with Gasteiger partial charge in [-0.1, -0.05) is 23.5 Å². The van der Waals surface area contributed by atoms with Crippen molar-refractivity contribution < 1.29 is 8.78 Å². The van der Waals surface area contributed by atoms with Crippen LogP contribution in [0.2, 0.25) is 0 Å². The first-order valence-corrected chi connectivity index (χ1v) is 8.78. The van der Waals surface area contributed by atoms with Gasteiger partial charge in [0.05, 0.1) is 15.9 Å². The number of anilines is 5. The number of nitrogen functional groups attached to an aromatic ring is 1. The standard InChI is InChI=1S/C18H14F2N6S/c1-9-3-2-4-13-15(9)25-18(27-13)26-17-14(21)16(22-8-23-17)24-12-6-5-10(19)7-11(12)20/h2-8H,21H2,1H3,(H2,22,23,24,25,26). The molecule has 136 valence electrons. The monoisotopic (exact) mass is 384 g/mol. The predicted molar refractivity (Wildman–Crippen MR) is 104 cm³/mol. The summed E-state index contributed by atoms with van der Waals surface area (Å²) < 4.78 is 28.0. The topological polar surface area (TPSA) is 88.8 Å². The van der Waals surface area contributed by atoms with Crippen LogP contribution in [0.1, 0.15) is 5.56 Å². The van der Waals surface area contributed by atoms with Crippen molar-refractivity contribution in [2.24, 2.45) is 0 Å². The third-order valence-electron chi connectivity index (χ3n) is 3.91. The second kappa shape index (κ2) is 6.76. The molecule has 0 radical (unpaired) electrons. The molecular formula is C18H14F2N6S. The van der Waals surface area contributed by atoms with Gasteiger partial charge in [-0.05, 0) is 30.7 Å². The van der Waals surface area contributed by atoms with Crippen LogP contribution in [0.3, 0.4) is 0 Å². The number of thiazole rings is 1. The van der Waals surface area contributed by atoms with Gasteiger partial charge in [0, 0.05) is 6.07 Å². The molecule has 0 atom stereocenters. The van der Waals surface area contributed by atoms with Crippen molar-refractivity contribution >= 4 is 49.7 Å². The molecule has 0 aliphatic rings. The molecule has 2 heterocycles. The number of benzene rings is 2. The average Bonchev–Trinajstić information content (AvgIpc) is 3.05. The van der Waals surface area contributed by atoms with Crippen molar-refractivity contribution in [3.63, 3.8) is 0 Å². The lowest BCUT2D eigenvalue weighted by Crippen LogP contribution is -2.06. The average molecular weight is 384 g/mol. The number of hydrogen-bond donors (Lipinski definition) is 3. The summed E-state index contributed by atoms with van der Waals surface area (Å²) in [5.74, 6) is -0.867. The van der Waals surface area contributed by atoms with E-state index in [0.717, 1.165) is 27.9 Å². The number of nitrogens with two attached hydrogens (primary N) is 1. The van der Waals surface area contributed by atoms with Crippen molar-refractivity contribution in [1.82, 2.24) is 15.0 Å². The molecule has 0 spiro atoms. The van der Waals surface area contributed by atoms with Crippen LogP contribution in [-0.2, 0) is 0 Å². The summed E-state index contributed by atoms with van der Waals surface area (Å²) in [7, 11) is 0. The van der Waals surface area contributed by atoms with E-state index >= 15 is 0 Å². The second-order valence-corrected chi connectivity index (χ2v) is 6.83. The molecule has 4 N–H and O–H groups in total. The van der Waals surface area contributed by atoms with Gasteiger partial charge >= 0.3 is 0 Å². The maximum Gasteiger partial charge on any atom is 0.189 e. The zero-order chi connectivity index (χ0) is 19.0. The van der Waals surface area contributed by atoms with E-state index < -0.39 is 11.6 Å². The first kappa shape index (κ1) is 17.1. The summed E-state index contributed by atoms with van der Waals surface area (Å²) in [6.45, 7) is 1.99. The number of aromatic nitrogens is 3. The van der Waals surface area contributed by atoms with E-state index in [1.165, 1.54) is 23.7 Å². The maximum absolute atomic E-state index is 13.9. The van der Waals surface area contributed by atoms with Gasteiger partial charge in [-0.25, -0.2) is 23.7 Å². The second-order valence-electron chi connectivity index (χ2n) is 5.80. The molecule has 9 heteroatoms. The van der Waals surface area contributed by atoms with Crippen molar-refractivity contribution in [1.29, 1.82) is 0 Å². The number of nitrogens with zero attached hydrogens (tertiary/aromatic N) is 3. The normalized spacial score (nSPS) is 10.9. The molecule has 0 amide bonds. The summed E-state index contributed by atoms with van der Waals surface area (Å²) >= 11 is 1.47. The van der Waals surface area contributed by atoms with Gasteiger partial charge in [0.25, 0.3) is 0 Å². The quantitative estimate of drug-likeness (QED) is 0.471. The SMILES string of the molecule is Cc1cccc2sc(Nc3ncnc(Nc4ccc(F)cc4F)c3N)nc12. The molecule has 27 heavy (non-hydrogen) atoms. The fourth-order valence-electron chi connectivity index (χ4n) is 2.55. The van der Waals surface area contributed by atoms with Gasteiger partial charge in [0.15, 0.2) is 16.8 Å². The fraction of sp³-hybridized carbons (Fsp3) is 0.0556. The van der Waals surface area contributed by atoms with Crippen LogP contribution in [0.4, 0.5) is 36.9 Å². The highest BCUT2D eigenvalue weighted by Crippen LogP contribution is 2.33. The molecule has 2 aromatic heterocycles. The minimum Gasteiger partial charge on any atom is -0.393 e. The van der Waals surface area contributed by atoms with Crippen molar-refractivity contribution in [3.05, 3.63) is 59.9 Å². The van der Waals surface area contributed by atoms with Crippen LogP contribution in [0, 0.1) is 18.6 Å². The molecule has 0 saturated carbocycles. The van der Waals surface area contributed by atoms with E-state index in [0.29, 0.717) is 10.9 Å². The zero-order valence-electron chi connectivity index (χ0n) is 14.1.